The number of rotatable bonds is 9. The van der Waals surface area contributed by atoms with E-state index < -0.39 is 17.7 Å². The summed E-state index contributed by atoms with van der Waals surface area (Å²) in [6, 6.07) is 10.2. The molecule has 1 fully saturated rings. The molecular formula is C27H29N3O5. The molecule has 1 unspecified atom stereocenters. The van der Waals surface area contributed by atoms with Gasteiger partial charge in [-0.2, -0.15) is 0 Å². The Kier molecular flexibility index (Phi) is 7.02. The SMILES string of the molecule is C=CCOc1cccc(C2C(=C(O)c3nc4c(C)cccn4c3C)C(=O)C(=O)N2CCCOC)c1. The third kappa shape index (κ3) is 4.44. The highest BCUT2D eigenvalue weighted by molar-refractivity contribution is 6.46. The molecule has 2 aromatic heterocycles. The van der Waals surface area contributed by atoms with Crippen molar-refractivity contribution in [2.75, 3.05) is 26.9 Å². The van der Waals surface area contributed by atoms with Crippen LogP contribution in [-0.2, 0) is 14.3 Å². The average molecular weight is 476 g/mol. The van der Waals surface area contributed by atoms with E-state index in [0.717, 1.165) is 5.56 Å². The van der Waals surface area contributed by atoms with Crippen molar-refractivity contribution in [3.63, 3.8) is 0 Å². The molecule has 4 rings (SSSR count). The topological polar surface area (TPSA) is 93.4 Å². The first kappa shape index (κ1) is 24.2. The minimum absolute atomic E-state index is 0.0115. The normalized spacial score (nSPS) is 17.3. The molecule has 0 bridgehead atoms. The Bertz CT molecular complexity index is 1320. The summed E-state index contributed by atoms with van der Waals surface area (Å²) in [5.41, 5.74) is 3.22. The first-order chi connectivity index (χ1) is 16.9. The van der Waals surface area contributed by atoms with Crippen LogP contribution in [0.1, 0.15) is 35.0 Å². The molecule has 1 atom stereocenters. The van der Waals surface area contributed by atoms with Gasteiger partial charge in [-0.1, -0.05) is 30.9 Å². The Labute approximate surface area is 204 Å². The van der Waals surface area contributed by atoms with Crippen LogP contribution in [0.5, 0.6) is 5.75 Å². The minimum Gasteiger partial charge on any atom is -0.505 e. The number of imidazole rings is 1. The van der Waals surface area contributed by atoms with Crippen LogP contribution in [0.4, 0.5) is 0 Å². The second-order valence-corrected chi connectivity index (χ2v) is 8.44. The molecule has 1 aliphatic heterocycles. The number of hydrogen-bond acceptors (Lipinski definition) is 6. The molecule has 3 heterocycles. The first-order valence-corrected chi connectivity index (χ1v) is 11.4. The third-order valence-corrected chi connectivity index (χ3v) is 6.14. The van der Waals surface area contributed by atoms with Crippen LogP contribution in [0, 0.1) is 13.8 Å². The molecule has 1 aliphatic rings. The smallest absolute Gasteiger partial charge is 0.295 e. The lowest BCUT2D eigenvalue weighted by Crippen LogP contribution is -2.31. The number of ether oxygens (including phenoxy) is 2. The second kappa shape index (κ2) is 10.1. The van der Waals surface area contributed by atoms with E-state index in [0.29, 0.717) is 48.8 Å². The molecule has 1 amide bonds. The standard InChI is InChI=1S/C27H29N3O5/c1-5-14-35-20-11-6-10-19(16-20)23-21(25(32)27(33)30(23)13-8-15-34-4)24(31)22-18(3)29-12-7-9-17(2)26(29)28-22/h5-7,9-12,16,23,31H,1,8,13-15H2,2-4H3. The third-order valence-electron chi connectivity index (χ3n) is 6.14. The predicted octanol–water partition coefficient (Wildman–Crippen LogP) is 3.97. The summed E-state index contributed by atoms with van der Waals surface area (Å²) in [7, 11) is 1.58. The molecule has 0 radical (unpaired) electrons. The number of hydrogen-bond donors (Lipinski definition) is 1. The van der Waals surface area contributed by atoms with Gasteiger partial charge in [0.2, 0.25) is 0 Å². The number of aliphatic hydroxyl groups is 1. The van der Waals surface area contributed by atoms with Crippen LogP contribution in [0.2, 0.25) is 0 Å². The van der Waals surface area contributed by atoms with E-state index >= 15 is 0 Å². The number of ketones is 1. The molecular weight excluding hydrogens is 446 g/mol. The lowest BCUT2D eigenvalue weighted by Gasteiger charge is -2.25. The summed E-state index contributed by atoms with van der Waals surface area (Å²) < 4.78 is 12.7. The highest BCUT2D eigenvalue weighted by Crippen LogP contribution is 2.40. The van der Waals surface area contributed by atoms with Crippen molar-refractivity contribution >= 4 is 23.1 Å². The number of carbonyl (C=O) groups is 2. The number of aromatic nitrogens is 2. The number of Topliss-reactive ketones (excluding diaryl/α,β-unsaturated/α-hetero) is 1. The molecule has 1 saturated heterocycles. The highest BCUT2D eigenvalue weighted by atomic mass is 16.5. The van der Waals surface area contributed by atoms with Gasteiger partial charge in [-0.3, -0.25) is 9.59 Å². The van der Waals surface area contributed by atoms with E-state index in [-0.39, 0.29) is 17.0 Å². The first-order valence-electron chi connectivity index (χ1n) is 11.4. The fraction of sp³-hybridized carbons (Fsp3) is 0.296. The van der Waals surface area contributed by atoms with Gasteiger partial charge in [0.25, 0.3) is 11.7 Å². The Morgan fingerprint density at radius 3 is 2.74 bits per heavy atom. The number of nitrogens with zero attached hydrogens (tertiary/aromatic N) is 3. The number of pyridine rings is 1. The maximum absolute atomic E-state index is 13.3. The van der Waals surface area contributed by atoms with Crippen molar-refractivity contribution in [1.29, 1.82) is 0 Å². The van der Waals surface area contributed by atoms with E-state index in [2.05, 4.69) is 11.6 Å². The largest absolute Gasteiger partial charge is 0.505 e. The van der Waals surface area contributed by atoms with E-state index in [4.69, 9.17) is 9.47 Å². The lowest BCUT2D eigenvalue weighted by atomic mass is 9.96. The second-order valence-electron chi connectivity index (χ2n) is 8.44. The zero-order valence-corrected chi connectivity index (χ0v) is 20.2. The number of aryl methyl sites for hydroxylation is 2. The van der Waals surface area contributed by atoms with Crippen LogP contribution in [0.15, 0.2) is 60.8 Å². The van der Waals surface area contributed by atoms with E-state index in [1.165, 1.54) is 4.90 Å². The van der Waals surface area contributed by atoms with Crippen molar-refractivity contribution in [2.45, 2.75) is 26.3 Å². The van der Waals surface area contributed by atoms with Crippen molar-refractivity contribution in [3.05, 3.63) is 83.3 Å². The molecule has 8 nitrogen and oxygen atoms in total. The van der Waals surface area contributed by atoms with Gasteiger partial charge in [-0.05, 0) is 49.6 Å². The summed E-state index contributed by atoms with van der Waals surface area (Å²) in [6.07, 6.45) is 4.03. The molecule has 0 saturated carbocycles. The Morgan fingerprint density at radius 2 is 2.03 bits per heavy atom. The number of benzene rings is 1. The summed E-state index contributed by atoms with van der Waals surface area (Å²) >= 11 is 0. The van der Waals surface area contributed by atoms with E-state index in [1.54, 1.807) is 31.4 Å². The van der Waals surface area contributed by atoms with Crippen molar-refractivity contribution in [2.24, 2.45) is 0 Å². The quantitative estimate of drug-likeness (QED) is 0.165. The highest BCUT2D eigenvalue weighted by Gasteiger charge is 2.46. The van der Waals surface area contributed by atoms with Crippen LogP contribution in [0.25, 0.3) is 11.4 Å². The maximum Gasteiger partial charge on any atom is 0.295 e. The summed E-state index contributed by atoms with van der Waals surface area (Å²) in [6.45, 7) is 8.46. The molecule has 8 heteroatoms. The van der Waals surface area contributed by atoms with Gasteiger partial charge < -0.3 is 23.9 Å². The molecule has 1 N–H and O–H groups in total. The van der Waals surface area contributed by atoms with Gasteiger partial charge in [0.1, 0.15) is 23.7 Å². The van der Waals surface area contributed by atoms with Gasteiger partial charge in [-0.15, -0.1) is 0 Å². The van der Waals surface area contributed by atoms with Crippen LogP contribution < -0.4 is 4.74 Å². The Balaban J connectivity index is 1.88. The van der Waals surface area contributed by atoms with E-state index in [1.807, 2.05) is 42.6 Å². The van der Waals surface area contributed by atoms with Gasteiger partial charge >= 0.3 is 0 Å². The molecule has 182 valence electrons. The number of carbonyl (C=O) groups excluding carboxylic acids is 2. The zero-order valence-electron chi connectivity index (χ0n) is 20.2. The average Bonchev–Trinajstić information content (AvgIpc) is 3.33. The number of aliphatic hydroxyl groups excluding tert-OH is 1. The summed E-state index contributed by atoms with van der Waals surface area (Å²) in [4.78, 5) is 32.5. The van der Waals surface area contributed by atoms with Crippen molar-refractivity contribution in [3.8, 4) is 5.75 Å². The molecule has 0 aliphatic carbocycles. The fourth-order valence-electron chi connectivity index (χ4n) is 4.44. The van der Waals surface area contributed by atoms with Gasteiger partial charge in [0.15, 0.2) is 5.76 Å². The fourth-order valence-corrected chi connectivity index (χ4v) is 4.44. The molecule has 0 spiro atoms. The van der Waals surface area contributed by atoms with Gasteiger partial charge in [-0.25, -0.2) is 4.98 Å². The number of likely N-dealkylation sites (tertiary alicyclic amines) is 1. The number of methoxy groups -OCH3 is 1. The van der Waals surface area contributed by atoms with Crippen molar-refractivity contribution < 1.29 is 24.2 Å². The number of amides is 1. The van der Waals surface area contributed by atoms with Gasteiger partial charge in [0.05, 0.1) is 17.3 Å². The van der Waals surface area contributed by atoms with Crippen LogP contribution in [0.3, 0.4) is 0 Å². The van der Waals surface area contributed by atoms with Crippen LogP contribution >= 0.6 is 0 Å². The molecule has 35 heavy (non-hydrogen) atoms. The van der Waals surface area contributed by atoms with Crippen LogP contribution in [-0.4, -0.2) is 57.9 Å². The summed E-state index contributed by atoms with van der Waals surface area (Å²) in [5.74, 6) is -1.12. The number of fused-ring (bicyclic) bond motifs is 1. The monoisotopic (exact) mass is 475 g/mol. The summed E-state index contributed by atoms with van der Waals surface area (Å²) in [5, 5.41) is 11.4. The van der Waals surface area contributed by atoms with Gasteiger partial charge in [0, 0.05) is 26.5 Å². The zero-order chi connectivity index (χ0) is 25.1. The Hall–Kier alpha value is -3.91. The Morgan fingerprint density at radius 1 is 1.23 bits per heavy atom. The predicted molar refractivity (Wildman–Crippen MR) is 132 cm³/mol. The maximum atomic E-state index is 13.3. The minimum atomic E-state index is -0.788. The van der Waals surface area contributed by atoms with Crippen molar-refractivity contribution in [1.82, 2.24) is 14.3 Å². The molecule has 1 aromatic carbocycles. The van der Waals surface area contributed by atoms with E-state index in [9.17, 15) is 14.7 Å². The molecule has 3 aromatic rings. The lowest BCUT2D eigenvalue weighted by molar-refractivity contribution is -0.140.